The number of aromatic nitrogens is 1. The van der Waals surface area contributed by atoms with Crippen LogP contribution in [0.1, 0.15) is 11.5 Å². The molecule has 2 N–H and O–H groups in total. The second-order valence-electron chi connectivity index (χ2n) is 5.81. The van der Waals surface area contributed by atoms with Gasteiger partial charge in [-0.25, -0.2) is 18.1 Å². The number of hydrogen-bond donors (Lipinski definition) is 2. The summed E-state index contributed by atoms with van der Waals surface area (Å²) >= 11 is 0. The first kappa shape index (κ1) is 19.8. The fourth-order valence-corrected chi connectivity index (χ4v) is 3.43. The van der Waals surface area contributed by atoms with Crippen LogP contribution in [0.15, 0.2) is 51.8 Å². The minimum absolute atomic E-state index is 0.354. The number of fused-ring (bicyclic) bond motifs is 1. The number of anilines is 1. The zero-order valence-corrected chi connectivity index (χ0v) is 15.2. The number of nitrogens with zero attached hydrogens (tertiary/aromatic N) is 1. The van der Waals surface area contributed by atoms with Gasteiger partial charge in [-0.2, -0.15) is 13.2 Å². The SMILES string of the molecule is Cc1nc2ccc(NC(=O)CNS(=O)(=O)c3cccc(C(F)(F)F)c3)cc2o1. The summed E-state index contributed by atoms with van der Waals surface area (Å²) < 4.78 is 69.8. The summed E-state index contributed by atoms with van der Waals surface area (Å²) in [6.07, 6.45) is -4.68. The summed E-state index contributed by atoms with van der Waals surface area (Å²) in [7, 11) is -4.30. The van der Waals surface area contributed by atoms with Crippen LogP contribution >= 0.6 is 0 Å². The Bertz CT molecular complexity index is 1140. The van der Waals surface area contributed by atoms with Gasteiger partial charge in [0.25, 0.3) is 0 Å². The Labute approximate surface area is 157 Å². The van der Waals surface area contributed by atoms with Gasteiger partial charge in [-0.15, -0.1) is 0 Å². The van der Waals surface area contributed by atoms with Crippen molar-refractivity contribution in [3.63, 3.8) is 0 Å². The van der Waals surface area contributed by atoms with Crippen molar-refractivity contribution >= 4 is 32.7 Å². The monoisotopic (exact) mass is 413 g/mol. The van der Waals surface area contributed by atoms with Gasteiger partial charge in [0.2, 0.25) is 15.9 Å². The van der Waals surface area contributed by atoms with E-state index in [-0.39, 0.29) is 0 Å². The topological polar surface area (TPSA) is 101 Å². The first-order valence-electron chi connectivity index (χ1n) is 7.88. The summed E-state index contributed by atoms with van der Waals surface area (Å²) in [6.45, 7) is 1.01. The van der Waals surface area contributed by atoms with Crippen LogP contribution in [0.5, 0.6) is 0 Å². The van der Waals surface area contributed by atoms with Gasteiger partial charge in [-0.3, -0.25) is 4.79 Å². The Hall–Kier alpha value is -2.92. The summed E-state index contributed by atoms with van der Waals surface area (Å²) in [5, 5.41) is 2.47. The minimum Gasteiger partial charge on any atom is -0.441 e. The fourth-order valence-electron chi connectivity index (χ4n) is 2.41. The van der Waals surface area contributed by atoms with Gasteiger partial charge in [0.15, 0.2) is 11.5 Å². The Balaban J connectivity index is 1.67. The van der Waals surface area contributed by atoms with Crippen molar-refractivity contribution in [1.29, 1.82) is 0 Å². The first-order chi connectivity index (χ1) is 13.0. The number of halogens is 3. The molecule has 2 aromatic carbocycles. The average molecular weight is 413 g/mol. The molecule has 11 heteroatoms. The van der Waals surface area contributed by atoms with Crippen LogP contribution in [0, 0.1) is 6.92 Å². The van der Waals surface area contributed by atoms with E-state index in [9.17, 15) is 26.4 Å². The van der Waals surface area contributed by atoms with Gasteiger partial charge in [-0.1, -0.05) is 6.07 Å². The summed E-state index contributed by atoms with van der Waals surface area (Å²) in [5.74, 6) is -0.251. The normalized spacial score (nSPS) is 12.3. The molecule has 0 saturated carbocycles. The molecule has 3 aromatic rings. The van der Waals surface area contributed by atoms with E-state index in [1.807, 2.05) is 4.72 Å². The second kappa shape index (κ2) is 7.24. The summed E-state index contributed by atoms with van der Waals surface area (Å²) in [5.41, 5.74) is 0.294. The average Bonchev–Trinajstić information content (AvgIpc) is 2.99. The third-order valence-corrected chi connectivity index (χ3v) is 5.07. The molecule has 148 valence electrons. The Morgan fingerprint density at radius 2 is 1.93 bits per heavy atom. The molecule has 0 aliphatic heterocycles. The molecule has 0 aliphatic carbocycles. The number of amides is 1. The highest BCUT2D eigenvalue weighted by atomic mass is 32.2. The van der Waals surface area contributed by atoms with Crippen molar-refractivity contribution in [1.82, 2.24) is 9.71 Å². The maximum absolute atomic E-state index is 12.7. The Kier molecular flexibility index (Phi) is 5.13. The molecule has 0 unspecified atom stereocenters. The van der Waals surface area contributed by atoms with Crippen LogP contribution in [0.25, 0.3) is 11.1 Å². The predicted molar refractivity (Wildman–Crippen MR) is 94.0 cm³/mol. The number of carbonyl (C=O) groups is 1. The van der Waals surface area contributed by atoms with Gasteiger partial charge in [0.1, 0.15) is 5.52 Å². The number of nitrogens with one attached hydrogen (secondary N) is 2. The van der Waals surface area contributed by atoms with Crippen molar-refractivity contribution in [3.05, 3.63) is 53.9 Å². The number of alkyl halides is 3. The number of oxazole rings is 1. The van der Waals surface area contributed by atoms with Crippen LogP contribution in [-0.4, -0.2) is 25.9 Å². The van der Waals surface area contributed by atoms with Crippen LogP contribution < -0.4 is 10.0 Å². The number of benzene rings is 2. The highest BCUT2D eigenvalue weighted by molar-refractivity contribution is 7.89. The molecule has 28 heavy (non-hydrogen) atoms. The van der Waals surface area contributed by atoms with Gasteiger partial charge in [0, 0.05) is 18.7 Å². The molecule has 0 aliphatic rings. The van der Waals surface area contributed by atoms with Gasteiger partial charge < -0.3 is 9.73 Å². The van der Waals surface area contributed by atoms with Crippen molar-refractivity contribution in [3.8, 4) is 0 Å². The molecule has 0 radical (unpaired) electrons. The van der Waals surface area contributed by atoms with Crippen LogP contribution in [0.2, 0.25) is 0 Å². The van der Waals surface area contributed by atoms with Gasteiger partial charge in [0.05, 0.1) is 17.0 Å². The molecular formula is C17H14F3N3O4S. The molecule has 7 nitrogen and oxygen atoms in total. The van der Waals surface area contributed by atoms with E-state index >= 15 is 0 Å². The van der Waals surface area contributed by atoms with E-state index in [1.165, 1.54) is 6.07 Å². The number of carbonyl (C=O) groups excluding carboxylic acids is 1. The van der Waals surface area contributed by atoms with Crippen molar-refractivity contribution < 1.29 is 30.8 Å². The number of aryl methyl sites for hydroxylation is 1. The highest BCUT2D eigenvalue weighted by Crippen LogP contribution is 2.30. The maximum atomic E-state index is 12.7. The van der Waals surface area contributed by atoms with Crippen molar-refractivity contribution in [2.24, 2.45) is 0 Å². The van der Waals surface area contributed by atoms with E-state index in [0.717, 1.165) is 18.2 Å². The Morgan fingerprint density at radius 3 is 2.64 bits per heavy atom. The maximum Gasteiger partial charge on any atom is 0.416 e. The number of hydrogen-bond acceptors (Lipinski definition) is 5. The first-order valence-corrected chi connectivity index (χ1v) is 9.37. The molecule has 0 atom stereocenters. The molecule has 3 rings (SSSR count). The lowest BCUT2D eigenvalue weighted by atomic mass is 10.2. The van der Waals surface area contributed by atoms with Crippen molar-refractivity contribution in [2.45, 2.75) is 18.0 Å². The standard InChI is InChI=1S/C17H14F3N3O4S/c1-10-22-14-6-5-12(8-15(14)27-10)23-16(24)9-21-28(25,26)13-4-2-3-11(7-13)17(18,19)20/h2-8,21H,9H2,1H3,(H,23,24). The van der Waals surface area contributed by atoms with E-state index in [0.29, 0.717) is 28.7 Å². The fraction of sp³-hybridized carbons (Fsp3) is 0.176. The smallest absolute Gasteiger partial charge is 0.416 e. The number of sulfonamides is 1. The predicted octanol–water partition coefficient (Wildman–Crippen LogP) is 3.07. The summed E-state index contributed by atoms with van der Waals surface area (Å²) in [6, 6.07) is 7.95. The van der Waals surface area contributed by atoms with Gasteiger partial charge in [-0.05, 0) is 30.3 Å². The highest BCUT2D eigenvalue weighted by Gasteiger charge is 2.31. The zero-order chi connectivity index (χ0) is 20.5. The second-order valence-corrected chi connectivity index (χ2v) is 7.58. The summed E-state index contributed by atoms with van der Waals surface area (Å²) in [4.78, 5) is 15.5. The van der Waals surface area contributed by atoms with E-state index in [2.05, 4.69) is 10.3 Å². The van der Waals surface area contributed by atoms with E-state index in [4.69, 9.17) is 4.42 Å². The molecule has 0 saturated heterocycles. The third-order valence-electron chi connectivity index (χ3n) is 3.67. The Morgan fingerprint density at radius 1 is 1.18 bits per heavy atom. The zero-order valence-electron chi connectivity index (χ0n) is 14.4. The van der Waals surface area contributed by atoms with Crippen LogP contribution in [-0.2, 0) is 21.0 Å². The lowest BCUT2D eigenvalue weighted by molar-refractivity contribution is -0.137. The van der Waals surface area contributed by atoms with Gasteiger partial charge >= 0.3 is 6.18 Å². The molecule has 1 aromatic heterocycles. The quantitative estimate of drug-likeness (QED) is 0.670. The molecular weight excluding hydrogens is 399 g/mol. The van der Waals surface area contributed by atoms with Crippen LogP contribution in [0.3, 0.4) is 0 Å². The molecule has 0 bridgehead atoms. The lowest BCUT2D eigenvalue weighted by Crippen LogP contribution is -2.33. The molecule has 0 spiro atoms. The molecule has 0 fully saturated rings. The number of rotatable bonds is 5. The minimum atomic E-state index is -4.68. The van der Waals surface area contributed by atoms with Crippen LogP contribution in [0.4, 0.5) is 18.9 Å². The third kappa shape index (κ3) is 4.49. The van der Waals surface area contributed by atoms with E-state index in [1.54, 1.807) is 19.1 Å². The lowest BCUT2D eigenvalue weighted by Gasteiger charge is -2.10. The van der Waals surface area contributed by atoms with E-state index < -0.39 is 39.1 Å². The molecule has 1 heterocycles. The largest absolute Gasteiger partial charge is 0.441 e. The molecule has 1 amide bonds. The van der Waals surface area contributed by atoms with Crippen molar-refractivity contribution in [2.75, 3.05) is 11.9 Å².